The molecule has 0 amide bonds. The van der Waals surface area contributed by atoms with Crippen molar-refractivity contribution in [1.29, 1.82) is 0 Å². The largest absolute Gasteiger partial charge is 0.414 e. The number of nitrogens with zero attached hydrogens (tertiary/aromatic N) is 2. The molecule has 110 valence electrons. The van der Waals surface area contributed by atoms with Gasteiger partial charge in [0.05, 0.1) is 5.30 Å². The van der Waals surface area contributed by atoms with Gasteiger partial charge in [-0.25, -0.2) is 9.97 Å². The third-order valence-corrected chi connectivity index (χ3v) is 6.94. The molecule has 0 saturated heterocycles. The van der Waals surface area contributed by atoms with Crippen molar-refractivity contribution in [3.63, 3.8) is 0 Å². The van der Waals surface area contributed by atoms with Gasteiger partial charge in [-0.2, -0.15) is 0 Å². The van der Waals surface area contributed by atoms with Gasteiger partial charge in [-0.1, -0.05) is 30.3 Å². The number of rotatable bonds is 5. The van der Waals surface area contributed by atoms with Crippen molar-refractivity contribution >= 4 is 23.3 Å². The van der Waals surface area contributed by atoms with Gasteiger partial charge in [-0.3, -0.25) is 4.57 Å². The van der Waals surface area contributed by atoms with Crippen LogP contribution in [0.4, 0.5) is 0 Å². The lowest BCUT2D eigenvalue weighted by atomic mass is 10.4. The first-order valence-electron chi connectivity index (χ1n) is 6.63. The number of benzene rings is 1. The molecule has 0 N–H and O–H groups in total. The van der Waals surface area contributed by atoms with Crippen LogP contribution >= 0.6 is 18.0 Å². The summed E-state index contributed by atoms with van der Waals surface area (Å²) in [5, 5.41) is 1.27. The van der Waals surface area contributed by atoms with E-state index in [-0.39, 0.29) is 0 Å². The third kappa shape index (κ3) is 3.56. The van der Waals surface area contributed by atoms with Gasteiger partial charge in [0.2, 0.25) is 5.88 Å². The van der Waals surface area contributed by atoms with E-state index in [0.29, 0.717) is 16.2 Å². The minimum Gasteiger partial charge on any atom is -0.414 e. The lowest BCUT2D eigenvalue weighted by molar-refractivity contribution is 0.499. The van der Waals surface area contributed by atoms with E-state index in [0.717, 1.165) is 11.4 Å². The van der Waals surface area contributed by atoms with Crippen LogP contribution in [-0.4, -0.2) is 9.97 Å². The van der Waals surface area contributed by atoms with Gasteiger partial charge in [0, 0.05) is 29.8 Å². The molecule has 1 atom stereocenters. The molecular formula is C16H13N2O2PS. The number of hydrogen-bond donors (Lipinski definition) is 0. The molecule has 2 aromatic heterocycles. The second-order valence-electron chi connectivity index (χ2n) is 4.35. The zero-order chi connectivity index (χ0) is 15.3. The summed E-state index contributed by atoms with van der Waals surface area (Å²) in [6.45, 7) is -3.22. The highest BCUT2D eigenvalue weighted by Crippen LogP contribution is 2.60. The molecule has 3 rings (SSSR count). The van der Waals surface area contributed by atoms with Crippen LogP contribution in [-0.2, 0) is 4.57 Å². The quantitative estimate of drug-likeness (QED) is 0.658. The van der Waals surface area contributed by atoms with Gasteiger partial charge in [-0.15, -0.1) is 0 Å². The summed E-state index contributed by atoms with van der Waals surface area (Å²) in [5.74, 6) is 0.332. The lowest BCUT2D eigenvalue weighted by Crippen LogP contribution is -2.07. The van der Waals surface area contributed by atoms with Crippen molar-refractivity contribution in [2.45, 2.75) is 5.03 Å². The summed E-state index contributed by atoms with van der Waals surface area (Å²) >= 11 is 1.12. The van der Waals surface area contributed by atoms with Crippen molar-refractivity contribution in [2.24, 2.45) is 0 Å². The van der Waals surface area contributed by atoms with E-state index in [4.69, 9.17) is 4.52 Å². The fraction of sp³-hybridized carbons (Fsp3) is 0. The minimum absolute atomic E-state index is 0.332. The normalized spacial score (nSPS) is 13.3. The minimum atomic E-state index is -3.22. The molecule has 0 aliphatic carbocycles. The van der Waals surface area contributed by atoms with E-state index < -0.39 is 6.57 Å². The Morgan fingerprint density at radius 2 is 1.50 bits per heavy atom. The van der Waals surface area contributed by atoms with Crippen LogP contribution in [0.3, 0.4) is 0 Å². The van der Waals surface area contributed by atoms with Gasteiger partial charge in [-0.05, 0) is 30.3 Å². The number of hydrogen-bond acceptors (Lipinski definition) is 5. The molecule has 2 heterocycles. The number of pyridine rings is 2. The Morgan fingerprint density at radius 3 is 2.14 bits per heavy atom. The van der Waals surface area contributed by atoms with Gasteiger partial charge in [0.25, 0.3) is 0 Å². The molecule has 0 radical (unpaired) electrons. The molecule has 6 heteroatoms. The Morgan fingerprint density at radius 1 is 0.818 bits per heavy atom. The molecule has 0 aliphatic rings. The molecule has 4 nitrogen and oxygen atoms in total. The predicted molar refractivity (Wildman–Crippen MR) is 88.6 cm³/mol. The van der Waals surface area contributed by atoms with Crippen LogP contribution in [0.15, 0.2) is 84.1 Å². The van der Waals surface area contributed by atoms with Crippen LogP contribution < -0.4 is 9.83 Å². The standard InChI is InChI=1S/C16H13N2O2PS/c19-21(14-8-2-1-3-9-14,20-15-10-4-6-12-17-15)22-16-11-5-7-13-18-16/h1-13H. The van der Waals surface area contributed by atoms with Crippen LogP contribution in [0.25, 0.3) is 0 Å². The molecule has 0 bridgehead atoms. The topological polar surface area (TPSA) is 52.1 Å². The van der Waals surface area contributed by atoms with Gasteiger partial charge < -0.3 is 4.52 Å². The van der Waals surface area contributed by atoms with Crippen molar-refractivity contribution in [3.8, 4) is 5.88 Å². The summed E-state index contributed by atoms with van der Waals surface area (Å²) < 4.78 is 19.2. The summed E-state index contributed by atoms with van der Waals surface area (Å²) in [6.07, 6.45) is 3.27. The summed E-state index contributed by atoms with van der Waals surface area (Å²) in [6, 6.07) is 19.9. The van der Waals surface area contributed by atoms with Gasteiger partial charge in [0.15, 0.2) is 0 Å². The Balaban J connectivity index is 1.97. The highest BCUT2D eigenvalue weighted by Gasteiger charge is 2.30. The Labute approximate surface area is 132 Å². The van der Waals surface area contributed by atoms with Crippen LogP contribution in [0.2, 0.25) is 0 Å². The molecule has 22 heavy (non-hydrogen) atoms. The molecule has 0 saturated carbocycles. The first kappa shape index (κ1) is 14.8. The first-order valence-corrected chi connectivity index (χ1v) is 9.68. The van der Waals surface area contributed by atoms with Crippen LogP contribution in [0.1, 0.15) is 0 Å². The zero-order valence-corrected chi connectivity index (χ0v) is 13.3. The fourth-order valence-corrected chi connectivity index (χ4v) is 5.50. The van der Waals surface area contributed by atoms with Crippen molar-refractivity contribution in [1.82, 2.24) is 9.97 Å². The predicted octanol–water partition coefficient (Wildman–Crippen LogP) is 4.17. The second kappa shape index (κ2) is 6.77. The van der Waals surface area contributed by atoms with Crippen LogP contribution in [0, 0.1) is 0 Å². The molecule has 1 unspecified atom stereocenters. The van der Waals surface area contributed by atoms with E-state index in [1.807, 2.05) is 36.4 Å². The molecule has 1 aromatic carbocycles. The Bertz CT molecular complexity index is 724. The highest BCUT2D eigenvalue weighted by molar-refractivity contribution is 8.58. The molecule has 3 aromatic rings. The van der Waals surface area contributed by atoms with Gasteiger partial charge >= 0.3 is 6.57 Å². The first-order chi connectivity index (χ1) is 10.8. The molecule has 0 fully saturated rings. The Hall–Kier alpha value is -2.10. The maximum atomic E-state index is 13.4. The smallest absolute Gasteiger partial charge is 0.340 e. The van der Waals surface area contributed by atoms with E-state index in [2.05, 4.69) is 9.97 Å². The van der Waals surface area contributed by atoms with E-state index >= 15 is 0 Å². The summed E-state index contributed by atoms with van der Waals surface area (Å²) in [5.41, 5.74) is 0. The van der Waals surface area contributed by atoms with E-state index in [1.165, 1.54) is 0 Å². The number of aromatic nitrogens is 2. The summed E-state index contributed by atoms with van der Waals surface area (Å²) in [7, 11) is 0. The SMILES string of the molecule is O=P(Oc1ccccn1)(Sc1ccccn1)c1ccccc1. The maximum Gasteiger partial charge on any atom is 0.340 e. The average Bonchev–Trinajstić information content (AvgIpc) is 2.57. The van der Waals surface area contributed by atoms with Crippen LogP contribution in [0.5, 0.6) is 5.88 Å². The van der Waals surface area contributed by atoms with Crippen molar-refractivity contribution in [2.75, 3.05) is 0 Å². The third-order valence-electron chi connectivity index (χ3n) is 2.78. The zero-order valence-electron chi connectivity index (χ0n) is 11.6. The van der Waals surface area contributed by atoms with E-state index in [1.54, 1.807) is 42.7 Å². The molecular weight excluding hydrogens is 315 g/mol. The van der Waals surface area contributed by atoms with Gasteiger partial charge in [0.1, 0.15) is 5.03 Å². The lowest BCUT2D eigenvalue weighted by Gasteiger charge is -2.17. The van der Waals surface area contributed by atoms with Crippen molar-refractivity contribution < 1.29 is 9.09 Å². The molecule has 0 spiro atoms. The summed E-state index contributed by atoms with van der Waals surface area (Å²) in [4.78, 5) is 8.32. The molecule has 0 aliphatic heterocycles. The highest BCUT2D eigenvalue weighted by atomic mass is 32.7. The second-order valence-corrected chi connectivity index (χ2v) is 8.64. The maximum absolute atomic E-state index is 13.4. The van der Waals surface area contributed by atoms with E-state index in [9.17, 15) is 4.57 Å². The fourth-order valence-electron chi connectivity index (χ4n) is 1.78. The Kier molecular flexibility index (Phi) is 4.56. The van der Waals surface area contributed by atoms with Crippen molar-refractivity contribution in [3.05, 3.63) is 79.1 Å². The monoisotopic (exact) mass is 328 g/mol. The average molecular weight is 328 g/mol.